The number of imidazole rings is 1. The standard InChI is InChI=1S/C18H12F3N5/c19-18(20,21)13-8-12(9-24-17(13)22)15-10-23-16-7-6-14(25-26(15)16)11-4-2-1-3-5-11/h1-10H,(H2,22,24). The maximum absolute atomic E-state index is 13.1. The van der Waals surface area contributed by atoms with E-state index in [9.17, 15) is 13.2 Å². The third kappa shape index (κ3) is 2.75. The van der Waals surface area contributed by atoms with Crippen molar-refractivity contribution in [1.82, 2.24) is 19.6 Å². The number of benzene rings is 1. The van der Waals surface area contributed by atoms with Crippen molar-refractivity contribution >= 4 is 11.5 Å². The molecule has 26 heavy (non-hydrogen) atoms. The molecule has 0 unspecified atom stereocenters. The lowest BCUT2D eigenvalue weighted by Gasteiger charge is -2.11. The lowest BCUT2D eigenvalue weighted by Crippen LogP contribution is -2.10. The highest BCUT2D eigenvalue weighted by Gasteiger charge is 2.34. The molecule has 8 heteroatoms. The number of hydrogen-bond donors (Lipinski definition) is 1. The van der Waals surface area contributed by atoms with Gasteiger partial charge < -0.3 is 5.73 Å². The number of nitrogen functional groups attached to an aromatic ring is 1. The summed E-state index contributed by atoms with van der Waals surface area (Å²) < 4.78 is 40.8. The van der Waals surface area contributed by atoms with Crippen LogP contribution in [-0.2, 0) is 6.18 Å². The Balaban J connectivity index is 1.88. The summed E-state index contributed by atoms with van der Waals surface area (Å²) >= 11 is 0. The Hall–Kier alpha value is -3.42. The minimum absolute atomic E-state index is 0.233. The number of nitrogens with zero attached hydrogens (tertiary/aromatic N) is 4. The SMILES string of the molecule is Nc1ncc(-c2cnc3ccc(-c4ccccc4)nn23)cc1C(F)(F)F. The molecule has 0 atom stereocenters. The molecular formula is C18H12F3N5. The number of anilines is 1. The lowest BCUT2D eigenvalue weighted by atomic mass is 10.1. The normalized spacial score (nSPS) is 11.8. The summed E-state index contributed by atoms with van der Waals surface area (Å²) in [5, 5.41) is 4.51. The molecule has 5 nitrogen and oxygen atoms in total. The predicted octanol–water partition coefficient (Wildman–Crippen LogP) is 4.06. The average molecular weight is 355 g/mol. The average Bonchev–Trinajstić information content (AvgIpc) is 3.05. The Morgan fingerprint density at radius 3 is 2.38 bits per heavy atom. The van der Waals surface area contributed by atoms with Crippen LogP contribution in [0.1, 0.15) is 5.56 Å². The van der Waals surface area contributed by atoms with Gasteiger partial charge in [0.25, 0.3) is 0 Å². The molecule has 3 aromatic heterocycles. The van der Waals surface area contributed by atoms with E-state index in [0.29, 0.717) is 17.0 Å². The van der Waals surface area contributed by atoms with Crippen molar-refractivity contribution in [2.45, 2.75) is 6.18 Å². The van der Waals surface area contributed by atoms with Crippen molar-refractivity contribution < 1.29 is 13.2 Å². The third-order valence-corrected chi connectivity index (χ3v) is 3.95. The van der Waals surface area contributed by atoms with E-state index < -0.39 is 17.6 Å². The van der Waals surface area contributed by atoms with Crippen molar-refractivity contribution in [3.8, 4) is 22.5 Å². The Morgan fingerprint density at radius 2 is 1.65 bits per heavy atom. The van der Waals surface area contributed by atoms with Gasteiger partial charge in [0.1, 0.15) is 5.82 Å². The number of rotatable bonds is 2. The predicted molar refractivity (Wildman–Crippen MR) is 91.1 cm³/mol. The third-order valence-electron chi connectivity index (χ3n) is 3.95. The molecule has 1 aromatic carbocycles. The van der Waals surface area contributed by atoms with E-state index in [1.165, 1.54) is 16.9 Å². The molecule has 2 N–H and O–H groups in total. The maximum Gasteiger partial charge on any atom is 0.419 e. The second-order valence-corrected chi connectivity index (χ2v) is 5.65. The van der Waals surface area contributed by atoms with Gasteiger partial charge in [0.15, 0.2) is 5.65 Å². The molecule has 3 heterocycles. The maximum atomic E-state index is 13.1. The molecule has 0 aliphatic heterocycles. The van der Waals surface area contributed by atoms with Crippen LogP contribution in [0.4, 0.5) is 19.0 Å². The molecule has 0 fully saturated rings. The molecule has 0 spiro atoms. The zero-order chi connectivity index (χ0) is 18.3. The highest BCUT2D eigenvalue weighted by molar-refractivity contribution is 5.67. The summed E-state index contributed by atoms with van der Waals surface area (Å²) in [4.78, 5) is 7.88. The first kappa shape index (κ1) is 16.1. The molecule has 0 bridgehead atoms. The van der Waals surface area contributed by atoms with E-state index >= 15 is 0 Å². The van der Waals surface area contributed by atoms with Crippen molar-refractivity contribution in [3.63, 3.8) is 0 Å². The molecule has 4 rings (SSSR count). The van der Waals surface area contributed by atoms with Gasteiger partial charge in [-0.2, -0.15) is 18.3 Å². The van der Waals surface area contributed by atoms with Crippen LogP contribution in [0.15, 0.2) is 60.9 Å². The van der Waals surface area contributed by atoms with E-state index in [1.807, 2.05) is 36.4 Å². The van der Waals surface area contributed by atoms with Gasteiger partial charge in [0.2, 0.25) is 0 Å². The van der Waals surface area contributed by atoms with E-state index in [4.69, 9.17) is 5.73 Å². The first-order valence-electron chi connectivity index (χ1n) is 7.67. The molecule has 0 saturated carbocycles. The van der Waals surface area contributed by atoms with Crippen molar-refractivity contribution in [3.05, 3.63) is 66.5 Å². The van der Waals surface area contributed by atoms with Gasteiger partial charge in [-0.25, -0.2) is 14.5 Å². The molecule has 0 aliphatic rings. The molecule has 4 aromatic rings. The van der Waals surface area contributed by atoms with Crippen LogP contribution < -0.4 is 5.73 Å². The lowest BCUT2D eigenvalue weighted by molar-refractivity contribution is -0.137. The topological polar surface area (TPSA) is 69.1 Å². The Bertz CT molecular complexity index is 1090. The van der Waals surface area contributed by atoms with Gasteiger partial charge in [-0.1, -0.05) is 30.3 Å². The second kappa shape index (κ2) is 5.83. The van der Waals surface area contributed by atoms with E-state index in [-0.39, 0.29) is 5.56 Å². The number of fused-ring (bicyclic) bond motifs is 1. The van der Waals surface area contributed by atoms with Crippen LogP contribution in [0.3, 0.4) is 0 Å². The van der Waals surface area contributed by atoms with E-state index in [1.54, 1.807) is 6.07 Å². The fourth-order valence-electron chi connectivity index (χ4n) is 2.68. The second-order valence-electron chi connectivity index (χ2n) is 5.65. The van der Waals surface area contributed by atoms with Crippen LogP contribution in [0.2, 0.25) is 0 Å². The number of hydrogen-bond acceptors (Lipinski definition) is 4. The van der Waals surface area contributed by atoms with Crippen LogP contribution in [0.25, 0.3) is 28.2 Å². The van der Waals surface area contributed by atoms with Gasteiger partial charge in [-0.05, 0) is 18.2 Å². The molecule has 0 radical (unpaired) electrons. The summed E-state index contributed by atoms with van der Waals surface area (Å²) in [5.74, 6) is -0.562. The summed E-state index contributed by atoms with van der Waals surface area (Å²) in [5.41, 5.74) is 7.11. The first-order valence-corrected chi connectivity index (χ1v) is 7.67. The molecular weight excluding hydrogens is 343 g/mol. The van der Waals surface area contributed by atoms with Crippen LogP contribution in [0.5, 0.6) is 0 Å². The molecule has 130 valence electrons. The van der Waals surface area contributed by atoms with Crippen LogP contribution in [0, 0.1) is 0 Å². The number of aromatic nitrogens is 4. The van der Waals surface area contributed by atoms with Gasteiger partial charge in [-0.15, -0.1) is 0 Å². The largest absolute Gasteiger partial charge is 0.419 e. The van der Waals surface area contributed by atoms with Gasteiger partial charge in [0, 0.05) is 17.3 Å². The fraction of sp³-hybridized carbons (Fsp3) is 0.0556. The first-order chi connectivity index (χ1) is 12.4. The van der Waals surface area contributed by atoms with E-state index in [2.05, 4.69) is 15.1 Å². The molecule has 0 amide bonds. The zero-order valence-electron chi connectivity index (χ0n) is 13.3. The minimum Gasteiger partial charge on any atom is -0.383 e. The van der Waals surface area contributed by atoms with Gasteiger partial charge >= 0.3 is 6.18 Å². The Labute approximate surface area is 145 Å². The number of halogens is 3. The smallest absolute Gasteiger partial charge is 0.383 e. The number of pyridine rings is 1. The Kier molecular flexibility index (Phi) is 3.61. The van der Waals surface area contributed by atoms with E-state index in [0.717, 1.165) is 11.6 Å². The summed E-state index contributed by atoms with van der Waals surface area (Å²) in [6.07, 6.45) is -1.84. The quantitative estimate of drug-likeness (QED) is 0.589. The summed E-state index contributed by atoms with van der Waals surface area (Å²) in [6.45, 7) is 0. The van der Waals surface area contributed by atoms with Crippen LogP contribution >= 0.6 is 0 Å². The van der Waals surface area contributed by atoms with Crippen molar-refractivity contribution in [2.24, 2.45) is 0 Å². The summed E-state index contributed by atoms with van der Waals surface area (Å²) in [6, 6.07) is 14.0. The van der Waals surface area contributed by atoms with Crippen molar-refractivity contribution in [1.29, 1.82) is 0 Å². The molecule has 0 aliphatic carbocycles. The number of nitrogens with two attached hydrogens (primary N) is 1. The van der Waals surface area contributed by atoms with Crippen molar-refractivity contribution in [2.75, 3.05) is 5.73 Å². The van der Waals surface area contributed by atoms with Gasteiger partial charge in [0.05, 0.1) is 23.1 Å². The summed E-state index contributed by atoms with van der Waals surface area (Å²) in [7, 11) is 0. The Morgan fingerprint density at radius 1 is 0.885 bits per heavy atom. The highest BCUT2D eigenvalue weighted by Crippen LogP contribution is 2.35. The minimum atomic E-state index is -4.59. The fourth-order valence-corrected chi connectivity index (χ4v) is 2.68. The highest BCUT2D eigenvalue weighted by atomic mass is 19.4. The number of alkyl halides is 3. The zero-order valence-corrected chi connectivity index (χ0v) is 13.3. The molecule has 0 saturated heterocycles. The van der Waals surface area contributed by atoms with Crippen LogP contribution in [-0.4, -0.2) is 19.6 Å². The monoisotopic (exact) mass is 355 g/mol. The van der Waals surface area contributed by atoms with Gasteiger partial charge in [-0.3, -0.25) is 0 Å².